The van der Waals surface area contributed by atoms with Crippen molar-refractivity contribution >= 4 is 50.9 Å². The lowest BCUT2D eigenvalue weighted by molar-refractivity contribution is 0.0992. The third kappa shape index (κ3) is 5.29. The summed E-state index contributed by atoms with van der Waals surface area (Å²) in [6.07, 6.45) is 1.56. The lowest BCUT2D eigenvalue weighted by Gasteiger charge is -2.11. The van der Waals surface area contributed by atoms with Crippen LogP contribution in [-0.4, -0.2) is 22.6 Å². The molecule has 1 heterocycles. The first-order chi connectivity index (χ1) is 14.4. The molecule has 0 aliphatic rings. The molecule has 0 saturated heterocycles. The number of rotatable bonds is 6. The van der Waals surface area contributed by atoms with Crippen molar-refractivity contribution in [1.82, 2.24) is 4.98 Å². The number of aromatic nitrogens is 1. The van der Waals surface area contributed by atoms with Crippen LogP contribution in [0.3, 0.4) is 0 Å². The number of anilines is 1. The smallest absolute Gasteiger partial charge is 0.257 e. The second-order valence-corrected chi connectivity index (χ2v) is 7.59. The van der Waals surface area contributed by atoms with Gasteiger partial charge in [-0.25, -0.2) is 4.98 Å². The molecule has 0 bridgehead atoms. The quantitative estimate of drug-likeness (QED) is 0.206. The summed E-state index contributed by atoms with van der Waals surface area (Å²) in [6, 6.07) is 14.5. The molecule has 2 aromatic carbocycles. The van der Waals surface area contributed by atoms with E-state index in [0.717, 1.165) is 4.47 Å². The third-order valence-electron chi connectivity index (χ3n) is 4.22. The zero-order valence-corrected chi connectivity index (χ0v) is 17.8. The molecule has 4 N–H and O–H groups in total. The molecule has 0 atom stereocenters. The molecular formula is C21H16BrClN4O3. The fourth-order valence-corrected chi connectivity index (χ4v) is 3.10. The van der Waals surface area contributed by atoms with E-state index >= 15 is 0 Å². The van der Waals surface area contributed by atoms with Crippen molar-refractivity contribution < 1.29 is 14.4 Å². The molecule has 7 nitrogen and oxygen atoms in total. The van der Waals surface area contributed by atoms with Crippen LogP contribution in [0.4, 0.5) is 5.82 Å². The molecule has 0 fully saturated rings. The molecule has 30 heavy (non-hydrogen) atoms. The molecule has 0 aliphatic heterocycles. The van der Waals surface area contributed by atoms with E-state index < -0.39 is 5.91 Å². The summed E-state index contributed by atoms with van der Waals surface area (Å²) >= 11 is 9.36. The van der Waals surface area contributed by atoms with Gasteiger partial charge in [0.25, 0.3) is 5.91 Å². The number of nitrogens with two attached hydrogens (primary N) is 1. The normalized spacial score (nSPS) is 10.4. The summed E-state index contributed by atoms with van der Waals surface area (Å²) < 4.78 is 0.786. The topological polar surface area (TPSA) is 118 Å². The summed E-state index contributed by atoms with van der Waals surface area (Å²) in [6.45, 7) is 0. The Morgan fingerprint density at radius 2 is 1.80 bits per heavy atom. The fourth-order valence-electron chi connectivity index (χ4n) is 2.70. The minimum absolute atomic E-state index is 0.00211. The minimum Gasteiger partial charge on any atom is -0.391 e. The van der Waals surface area contributed by atoms with Gasteiger partial charge in [0, 0.05) is 38.8 Å². The van der Waals surface area contributed by atoms with Crippen molar-refractivity contribution in [3.05, 3.63) is 92.5 Å². The van der Waals surface area contributed by atoms with E-state index in [1.165, 1.54) is 6.07 Å². The van der Waals surface area contributed by atoms with Crippen LogP contribution < -0.4 is 11.2 Å². The third-order valence-corrected chi connectivity index (χ3v) is 4.93. The first-order valence-electron chi connectivity index (χ1n) is 8.67. The van der Waals surface area contributed by atoms with Crippen LogP contribution in [0.1, 0.15) is 31.8 Å². The highest BCUT2D eigenvalue weighted by Crippen LogP contribution is 2.20. The number of carbonyl (C=O) groups is 2. The molecular weight excluding hydrogens is 472 g/mol. The molecule has 1 amide bonds. The number of ketones is 1. The number of amides is 1. The number of Topliss-reactive ketones (excluding diaryl/α,β-unsaturated/α-hetero) is 1. The first-order valence-corrected chi connectivity index (χ1v) is 9.84. The lowest BCUT2D eigenvalue weighted by Crippen LogP contribution is -2.17. The Morgan fingerprint density at radius 1 is 1.10 bits per heavy atom. The Bertz CT molecular complexity index is 1100. The monoisotopic (exact) mass is 486 g/mol. The summed E-state index contributed by atoms with van der Waals surface area (Å²) in [5.74, 6) is 4.54. The molecule has 1 aromatic heterocycles. The van der Waals surface area contributed by atoms with Gasteiger partial charge in [-0.05, 0) is 57.9 Å². The Balaban J connectivity index is 1.80. The highest BCUT2D eigenvalue weighted by molar-refractivity contribution is 9.10. The van der Waals surface area contributed by atoms with Crippen LogP contribution >= 0.6 is 27.5 Å². The van der Waals surface area contributed by atoms with Gasteiger partial charge in [-0.1, -0.05) is 29.8 Å². The number of carbonyl (C=O) groups excluding carboxylic acids is 2. The van der Waals surface area contributed by atoms with E-state index in [1.54, 1.807) is 54.7 Å². The molecule has 0 spiro atoms. The zero-order valence-electron chi connectivity index (χ0n) is 15.5. The van der Waals surface area contributed by atoms with Crippen molar-refractivity contribution in [2.45, 2.75) is 6.42 Å². The zero-order chi connectivity index (χ0) is 21.7. The Labute approximate surface area is 185 Å². The summed E-state index contributed by atoms with van der Waals surface area (Å²) in [7, 11) is 0. The van der Waals surface area contributed by atoms with Gasteiger partial charge in [0.1, 0.15) is 5.82 Å². The maximum atomic E-state index is 12.8. The number of hydrogen-bond acceptors (Lipinski definition) is 6. The average Bonchev–Trinajstić information content (AvgIpc) is 2.76. The Kier molecular flexibility index (Phi) is 6.94. The standard InChI is InChI=1S/C21H16BrClN4O3/c22-15-6-8-19(26-11-15)27-21(29)17-10-16(23)7-5-14(17)9-18(28)12-1-3-13(4-2-12)20(24)30-25/h1-8,10-11,24H,9,25H2,(H,26,27,29). The highest BCUT2D eigenvalue weighted by Gasteiger charge is 2.17. The van der Waals surface area contributed by atoms with Crippen LogP contribution in [0.25, 0.3) is 0 Å². The van der Waals surface area contributed by atoms with Crippen molar-refractivity contribution in [3.8, 4) is 0 Å². The van der Waals surface area contributed by atoms with Gasteiger partial charge in [-0.2, -0.15) is 5.90 Å². The number of halogens is 2. The van der Waals surface area contributed by atoms with Crippen molar-refractivity contribution in [1.29, 1.82) is 5.41 Å². The van der Waals surface area contributed by atoms with Gasteiger partial charge < -0.3 is 10.2 Å². The number of nitrogens with one attached hydrogen (secondary N) is 2. The second kappa shape index (κ2) is 9.62. The minimum atomic E-state index is -0.418. The van der Waals surface area contributed by atoms with E-state index in [0.29, 0.717) is 27.5 Å². The van der Waals surface area contributed by atoms with Crippen LogP contribution in [0.2, 0.25) is 5.02 Å². The lowest BCUT2D eigenvalue weighted by atomic mass is 9.97. The predicted molar refractivity (Wildman–Crippen MR) is 118 cm³/mol. The van der Waals surface area contributed by atoms with E-state index in [4.69, 9.17) is 22.9 Å². The van der Waals surface area contributed by atoms with Crippen molar-refractivity contribution in [2.75, 3.05) is 5.32 Å². The van der Waals surface area contributed by atoms with Crippen LogP contribution in [-0.2, 0) is 11.3 Å². The van der Waals surface area contributed by atoms with Gasteiger partial charge in [-0.15, -0.1) is 0 Å². The first kappa shape index (κ1) is 21.6. The maximum absolute atomic E-state index is 12.8. The molecule has 0 radical (unpaired) electrons. The van der Waals surface area contributed by atoms with E-state index in [9.17, 15) is 9.59 Å². The molecule has 0 aliphatic carbocycles. The molecule has 152 valence electrons. The predicted octanol–water partition coefficient (Wildman–Crippen LogP) is 4.39. The second-order valence-electron chi connectivity index (χ2n) is 6.24. The SMILES string of the molecule is N=C(ON)c1ccc(C(=O)Cc2ccc(Cl)cc2C(=O)Nc2ccc(Br)cn2)cc1. The molecule has 0 saturated carbocycles. The van der Waals surface area contributed by atoms with E-state index in [1.807, 2.05) is 0 Å². The van der Waals surface area contributed by atoms with Crippen LogP contribution in [0.15, 0.2) is 65.3 Å². The highest BCUT2D eigenvalue weighted by atomic mass is 79.9. The molecule has 3 rings (SSSR count). The number of hydrogen-bond donors (Lipinski definition) is 3. The van der Waals surface area contributed by atoms with Crippen molar-refractivity contribution in [2.24, 2.45) is 5.90 Å². The Morgan fingerprint density at radius 3 is 2.43 bits per heavy atom. The maximum Gasteiger partial charge on any atom is 0.257 e. The van der Waals surface area contributed by atoms with Crippen LogP contribution in [0, 0.1) is 5.41 Å². The van der Waals surface area contributed by atoms with Gasteiger partial charge in [0.2, 0.25) is 5.90 Å². The molecule has 3 aromatic rings. The molecule has 9 heteroatoms. The van der Waals surface area contributed by atoms with E-state index in [-0.39, 0.29) is 23.7 Å². The number of nitrogens with zero attached hydrogens (tertiary/aromatic N) is 1. The summed E-state index contributed by atoms with van der Waals surface area (Å²) in [5.41, 5.74) is 1.69. The fraction of sp³-hybridized carbons (Fsp3) is 0.0476. The summed E-state index contributed by atoms with van der Waals surface area (Å²) in [4.78, 5) is 34.0. The Hall–Kier alpha value is -3.07. The largest absolute Gasteiger partial charge is 0.391 e. The van der Waals surface area contributed by atoms with Gasteiger partial charge in [0.05, 0.1) is 0 Å². The van der Waals surface area contributed by atoms with Gasteiger partial charge >= 0.3 is 0 Å². The van der Waals surface area contributed by atoms with Crippen molar-refractivity contribution in [3.63, 3.8) is 0 Å². The average molecular weight is 488 g/mol. The summed E-state index contributed by atoms with van der Waals surface area (Å²) in [5, 5.41) is 10.6. The number of benzene rings is 2. The van der Waals surface area contributed by atoms with Gasteiger partial charge in [-0.3, -0.25) is 15.0 Å². The van der Waals surface area contributed by atoms with Crippen LogP contribution in [0.5, 0.6) is 0 Å². The van der Waals surface area contributed by atoms with Gasteiger partial charge in [0.15, 0.2) is 5.78 Å². The van der Waals surface area contributed by atoms with E-state index in [2.05, 4.69) is 31.1 Å². The number of pyridine rings is 1. The molecule has 0 unspecified atom stereocenters.